The topological polar surface area (TPSA) is 47.6 Å². The van der Waals surface area contributed by atoms with E-state index in [1.165, 1.54) is 19.3 Å². The number of pyridine rings is 1. The fourth-order valence-electron chi connectivity index (χ4n) is 4.21. The van der Waals surface area contributed by atoms with Gasteiger partial charge in [-0.2, -0.15) is 10.2 Å². The number of hydrogen-bond acceptors (Lipinski definition) is 4. The average molecular weight is 426 g/mol. The molecule has 8 heteroatoms. The van der Waals surface area contributed by atoms with E-state index in [1.807, 2.05) is 24.9 Å². The van der Waals surface area contributed by atoms with Crippen LogP contribution in [0.5, 0.6) is 5.75 Å². The molecular formula is C22H29BClN5O. The maximum Gasteiger partial charge on any atom is 0.183 e. The predicted molar refractivity (Wildman–Crippen MR) is 121 cm³/mol. The van der Waals surface area contributed by atoms with Gasteiger partial charge in [-0.1, -0.05) is 31.9 Å². The molecule has 3 aromatic heterocycles. The molecule has 1 aliphatic carbocycles. The van der Waals surface area contributed by atoms with E-state index in [0.717, 1.165) is 46.9 Å². The van der Waals surface area contributed by atoms with Gasteiger partial charge in [0.1, 0.15) is 11.3 Å². The van der Waals surface area contributed by atoms with Gasteiger partial charge in [0.15, 0.2) is 7.98 Å². The van der Waals surface area contributed by atoms with Crippen molar-refractivity contribution >= 4 is 25.1 Å². The fraction of sp³-hybridized carbons (Fsp3) is 0.545. The van der Waals surface area contributed by atoms with Crippen LogP contribution in [0.25, 0.3) is 16.8 Å². The van der Waals surface area contributed by atoms with Crippen molar-refractivity contribution in [1.29, 1.82) is 0 Å². The highest BCUT2D eigenvalue weighted by Crippen LogP contribution is 2.37. The number of ether oxygens (including phenoxy) is 1. The van der Waals surface area contributed by atoms with E-state index in [-0.39, 0.29) is 6.10 Å². The van der Waals surface area contributed by atoms with Crippen LogP contribution in [-0.2, 0) is 13.1 Å². The molecule has 0 aromatic carbocycles. The minimum Gasteiger partial charge on any atom is -0.488 e. The van der Waals surface area contributed by atoms with Crippen molar-refractivity contribution in [1.82, 2.24) is 24.2 Å². The minimum atomic E-state index is 0.154. The standard InChI is InChI=1S/C20H23BClN5O.C2H6/c1-12-17-11-25(21)6-7-26(17)24-19(12)15-8-18(28-13(2)14-4-3-5-14)20-16(22)9-23-27(20)10-15;1-2/h8-10,13-14H,3-7,11H2,1-2H3;1-2H3. The van der Waals surface area contributed by atoms with Crippen LogP contribution < -0.4 is 4.74 Å². The molecule has 1 atom stereocenters. The first-order valence-electron chi connectivity index (χ1n) is 10.9. The summed E-state index contributed by atoms with van der Waals surface area (Å²) in [4.78, 5) is 1.83. The molecule has 6 nitrogen and oxygen atoms in total. The molecule has 5 rings (SSSR count). The zero-order valence-electron chi connectivity index (χ0n) is 18.2. The van der Waals surface area contributed by atoms with Crippen LogP contribution >= 0.6 is 11.6 Å². The number of aromatic nitrogens is 4. The van der Waals surface area contributed by atoms with Gasteiger partial charge in [-0.15, -0.1) is 0 Å². The van der Waals surface area contributed by atoms with Crippen molar-refractivity contribution in [2.24, 2.45) is 5.92 Å². The Morgan fingerprint density at radius 3 is 2.73 bits per heavy atom. The molecule has 1 fully saturated rings. The SMILES string of the molecule is CC.[B]N1CCn2nc(-c3cc(OC(C)C4CCC4)c4c(Cl)cnn4c3)c(C)c2C1. The summed E-state index contributed by atoms with van der Waals surface area (Å²) in [6.45, 7) is 10.6. The van der Waals surface area contributed by atoms with Crippen molar-refractivity contribution < 1.29 is 4.74 Å². The van der Waals surface area contributed by atoms with Crippen LogP contribution in [-0.4, -0.2) is 44.8 Å². The molecule has 0 bridgehead atoms. The average Bonchev–Trinajstić information content (AvgIpc) is 3.22. The van der Waals surface area contributed by atoms with Gasteiger partial charge in [-0.3, -0.25) is 4.68 Å². The van der Waals surface area contributed by atoms with Crippen molar-refractivity contribution in [3.05, 3.63) is 34.7 Å². The van der Waals surface area contributed by atoms with E-state index in [4.69, 9.17) is 29.4 Å². The van der Waals surface area contributed by atoms with Crippen molar-refractivity contribution in [2.75, 3.05) is 6.54 Å². The Labute approximate surface area is 184 Å². The van der Waals surface area contributed by atoms with E-state index in [1.54, 1.807) is 10.7 Å². The summed E-state index contributed by atoms with van der Waals surface area (Å²) in [5.41, 5.74) is 5.04. The largest absolute Gasteiger partial charge is 0.488 e. The molecule has 1 aliphatic heterocycles. The summed E-state index contributed by atoms with van der Waals surface area (Å²) in [5.74, 6) is 1.38. The first-order chi connectivity index (χ1) is 14.5. The van der Waals surface area contributed by atoms with Crippen LogP contribution in [0.1, 0.15) is 51.3 Å². The first-order valence-corrected chi connectivity index (χ1v) is 11.3. The Hall–Kier alpha value is -1.99. The maximum absolute atomic E-state index is 6.41. The Balaban J connectivity index is 0.00000106. The lowest BCUT2D eigenvalue weighted by Gasteiger charge is -2.31. The third-order valence-corrected chi connectivity index (χ3v) is 6.48. The highest BCUT2D eigenvalue weighted by Gasteiger charge is 2.27. The van der Waals surface area contributed by atoms with E-state index in [0.29, 0.717) is 17.5 Å². The third-order valence-electron chi connectivity index (χ3n) is 6.20. The summed E-state index contributed by atoms with van der Waals surface area (Å²) in [6.07, 6.45) is 7.54. The van der Waals surface area contributed by atoms with Gasteiger partial charge >= 0.3 is 0 Å². The van der Waals surface area contributed by atoms with Gasteiger partial charge in [-0.05, 0) is 44.2 Å². The van der Waals surface area contributed by atoms with Gasteiger partial charge in [-0.25, -0.2) is 4.52 Å². The zero-order valence-corrected chi connectivity index (χ0v) is 19.0. The van der Waals surface area contributed by atoms with Crippen LogP contribution in [0, 0.1) is 12.8 Å². The summed E-state index contributed by atoms with van der Waals surface area (Å²) in [5, 5.41) is 9.87. The lowest BCUT2D eigenvalue weighted by Crippen LogP contribution is -2.32. The molecule has 0 spiro atoms. The molecule has 2 aliphatic rings. The monoisotopic (exact) mass is 425 g/mol. The fourth-order valence-corrected chi connectivity index (χ4v) is 4.44. The molecule has 0 saturated heterocycles. The molecule has 0 N–H and O–H groups in total. The Kier molecular flexibility index (Phi) is 6.12. The lowest BCUT2D eigenvalue weighted by molar-refractivity contribution is 0.1000. The van der Waals surface area contributed by atoms with Crippen molar-refractivity contribution in [3.63, 3.8) is 0 Å². The van der Waals surface area contributed by atoms with Gasteiger partial charge in [0.2, 0.25) is 0 Å². The molecule has 4 heterocycles. The number of hydrogen-bond donors (Lipinski definition) is 0. The normalized spacial score (nSPS) is 17.8. The zero-order chi connectivity index (χ0) is 21.4. The van der Waals surface area contributed by atoms with E-state index >= 15 is 0 Å². The second-order valence-electron chi connectivity index (χ2n) is 8.01. The summed E-state index contributed by atoms with van der Waals surface area (Å²) in [6, 6.07) is 2.06. The Morgan fingerprint density at radius 2 is 2.03 bits per heavy atom. The summed E-state index contributed by atoms with van der Waals surface area (Å²) >= 11 is 6.41. The Morgan fingerprint density at radius 1 is 1.27 bits per heavy atom. The minimum absolute atomic E-state index is 0.154. The molecule has 2 radical (unpaired) electrons. The number of halogens is 1. The molecule has 3 aromatic rings. The maximum atomic E-state index is 6.41. The van der Waals surface area contributed by atoms with E-state index < -0.39 is 0 Å². The third kappa shape index (κ3) is 3.74. The summed E-state index contributed by atoms with van der Waals surface area (Å²) < 4.78 is 10.2. The van der Waals surface area contributed by atoms with Gasteiger partial charge < -0.3 is 9.55 Å². The smallest absolute Gasteiger partial charge is 0.183 e. The predicted octanol–water partition coefficient (Wildman–Crippen LogP) is 4.65. The van der Waals surface area contributed by atoms with E-state index in [9.17, 15) is 0 Å². The van der Waals surface area contributed by atoms with Crippen LogP contribution in [0.15, 0.2) is 18.5 Å². The molecular weight excluding hydrogens is 397 g/mol. The van der Waals surface area contributed by atoms with Gasteiger partial charge in [0.25, 0.3) is 0 Å². The van der Waals surface area contributed by atoms with Gasteiger partial charge in [0.05, 0.1) is 35.3 Å². The highest BCUT2D eigenvalue weighted by atomic mass is 35.5. The number of rotatable bonds is 4. The number of nitrogens with zero attached hydrogens (tertiary/aromatic N) is 5. The second kappa shape index (κ2) is 8.63. The Bertz CT molecular complexity index is 1040. The highest BCUT2D eigenvalue weighted by molar-refractivity contribution is 6.34. The molecule has 158 valence electrons. The first kappa shape index (κ1) is 21.3. The summed E-state index contributed by atoms with van der Waals surface area (Å²) in [7, 11) is 6.01. The van der Waals surface area contributed by atoms with Crippen LogP contribution in [0.2, 0.25) is 5.02 Å². The van der Waals surface area contributed by atoms with E-state index in [2.05, 4.69) is 29.7 Å². The van der Waals surface area contributed by atoms with Crippen LogP contribution in [0.3, 0.4) is 0 Å². The quantitative estimate of drug-likeness (QED) is 0.571. The van der Waals surface area contributed by atoms with Crippen molar-refractivity contribution in [3.8, 4) is 17.0 Å². The van der Waals surface area contributed by atoms with Crippen molar-refractivity contribution in [2.45, 2.75) is 66.2 Å². The lowest BCUT2D eigenvalue weighted by atomic mass is 9.82. The molecule has 30 heavy (non-hydrogen) atoms. The molecule has 0 amide bonds. The molecule has 1 unspecified atom stereocenters. The second-order valence-corrected chi connectivity index (χ2v) is 8.41. The van der Waals surface area contributed by atoms with Gasteiger partial charge in [0, 0.05) is 24.8 Å². The number of fused-ring (bicyclic) bond motifs is 2. The molecule has 1 saturated carbocycles. The van der Waals surface area contributed by atoms with Crippen LogP contribution in [0.4, 0.5) is 0 Å².